The van der Waals surface area contributed by atoms with Crippen LogP contribution >= 0.6 is 11.8 Å². The fraction of sp³-hybridized carbons (Fsp3) is 0.500. The van der Waals surface area contributed by atoms with Gasteiger partial charge >= 0.3 is 0 Å². The van der Waals surface area contributed by atoms with Crippen LogP contribution < -0.4 is 0 Å². The topological polar surface area (TPSA) is 40.6 Å². The Kier molecular flexibility index (Phi) is 4.84. The van der Waals surface area contributed by atoms with Crippen LogP contribution in [0.25, 0.3) is 0 Å². The van der Waals surface area contributed by atoms with E-state index >= 15 is 0 Å². The largest absolute Gasteiger partial charge is 0.341 e. The number of carbonyl (C=O) groups excluding carboxylic acids is 2. The number of rotatable bonds is 3. The lowest BCUT2D eigenvalue weighted by atomic mass is 10.1. The smallest absolute Gasteiger partial charge is 0.246 e. The lowest BCUT2D eigenvalue weighted by Crippen LogP contribution is -2.48. The first kappa shape index (κ1) is 16.2. The number of nitrogens with zero attached hydrogens (tertiary/aromatic N) is 2. The Bertz CT molecular complexity index is 620. The van der Waals surface area contributed by atoms with Gasteiger partial charge in [-0.15, -0.1) is 11.8 Å². The molecule has 1 aromatic carbocycles. The van der Waals surface area contributed by atoms with Crippen LogP contribution in [0.15, 0.2) is 18.2 Å². The van der Waals surface area contributed by atoms with E-state index in [1.165, 1.54) is 6.07 Å². The summed E-state index contributed by atoms with van der Waals surface area (Å²) in [4.78, 5) is 28.4. The first-order valence-electron chi connectivity index (χ1n) is 7.66. The van der Waals surface area contributed by atoms with Crippen molar-refractivity contribution in [3.8, 4) is 0 Å². The first-order chi connectivity index (χ1) is 11.1. The van der Waals surface area contributed by atoms with Crippen LogP contribution in [0.2, 0.25) is 0 Å². The van der Waals surface area contributed by atoms with E-state index in [1.54, 1.807) is 16.7 Å². The quantitative estimate of drug-likeness (QED) is 0.845. The van der Waals surface area contributed by atoms with E-state index in [9.17, 15) is 18.4 Å². The molecule has 1 aromatic rings. The molecule has 4 nitrogen and oxygen atoms in total. The molecule has 0 radical (unpaired) electrons. The predicted octanol–water partition coefficient (Wildman–Crippen LogP) is 2.03. The van der Waals surface area contributed by atoms with Crippen LogP contribution in [0.4, 0.5) is 8.78 Å². The van der Waals surface area contributed by atoms with Crippen molar-refractivity contribution < 1.29 is 18.4 Å². The molecule has 2 heterocycles. The summed E-state index contributed by atoms with van der Waals surface area (Å²) < 4.78 is 26.2. The van der Waals surface area contributed by atoms with Crippen LogP contribution in [0.5, 0.6) is 0 Å². The van der Waals surface area contributed by atoms with E-state index in [2.05, 4.69) is 0 Å². The van der Waals surface area contributed by atoms with Crippen molar-refractivity contribution in [3.05, 3.63) is 35.4 Å². The molecule has 0 aromatic heterocycles. The van der Waals surface area contributed by atoms with Gasteiger partial charge in [0.15, 0.2) is 11.6 Å². The summed E-state index contributed by atoms with van der Waals surface area (Å²) in [6, 6.07) is 3.02. The van der Waals surface area contributed by atoms with Crippen molar-refractivity contribution in [2.45, 2.75) is 25.3 Å². The van der Waals surface area contributed by atoms with Gasteiger partial charge in [0.1, 0.15) is 6.04 Å². The first-order valence-corrected chi connectivity index (χ1v) is 8.81. The average molecular weight is 340 g/mol. The Hall–Kier alpha value is -1.63. The van der Waals surface area contributed by atoms with Gasteiger partial charge in [0.2, 0.25) is 11.8 Å². The molecule has 124 valence electrons. The lowest BCUT2D eigenvalue weighted by molar-refractivity contribution is -0.142. The van der Waals surface area contributed by atoms with Crippen LogP contribution in [0, 0.1) is 11.6 Å². The number of carbonyl (C=O) groups is 2. The van der Waals surface area contributed by atoms with E-state index in [0.717, 1.165) is 38.1 Å². The molecule has 1 atom stereocenters. The Morgan fingerprint density at radius 1 is 1.17 bits per heavy atom. The van der Waals surface area contributed by atoms with Crippen LogP contribution in [-0.4, -0.2) is 52.4 Å². The maximum atomic E-state index is 13.3. The highest BCUT2D eigenvalue weighted by molar-refractivity contribution is 7.99. The van der Waals surface area contributed by atoms with Gasteiger partial charge in [0, 0.05) is 18.8 Å². The Morgan fingerprint density at radius 2 is 1.91 bits per heavy atom. The van der Waals surface area contributed by atoms with E-state index in [-0.39, 0.29) is 18.2 Å². The van der Waals surface area contributed by atoms with E-state index < -0.39 is 17.7 Å². The fourth-order valence-corrected chi connectivity index (χ4v) is 4.14. The number of hydrogen-bond acceptors (Lipinski definition) is 3. The van der Waals surface area contributed by atoms with Gasteiger partial charge in [-0.1, -0.05) is 6.07 Å². The molecule has 2 aliphatic heterocycles. The third-order valence-corrected chi connectivity index (χ3v) is 5.26. The highest BCUT2D eigenvalue weighted by Gasteiger charge is 2.37. The maximum absolute atomic E-state index is 13.3. The zero-order chi connectivity index (χ0) is 16.4. The van der Waals surface area contributed by atoms with E-state index in [1.807, 2.05) is 4.90 Å². The molecular formula is C16H18F2N2O2S. The molecule has 2 amide bonds. The number of amides is 2. The van der Waals surface area contributed by atoms with Gasteiger partial charge < -0.3 is 9.80 Å². The Morgan fingerprint density at radius 3 is 2.61 bits per heavy atom. The van der Waals surface area contributed by atoms with Crippen molar-refractivity contribution in [1.29, 1.82) is 0 Å². The highest BCUT2D eigenvalue weighted by Crippen LogP contribution is 2.25. The second-order valence-corrected chi connectivity index (χ2v) is 6.84. The van der Waals surface area contributed by atoms with Crippen molar-refractivity contribution in [2.24, 2.45) is 0 Å². The molecule has 2 aliphatic rings. The van der Waals surface area contributed by atoms with Crippen molar-refractivity contribution in [3.63, 3.8) is 0 Å². The van der Waals surface area contributed by atoms with E-state index in [4.69, 9.17) is 0 Å². The average Bonchev–Trinajstić information content (AvgIpc) is 3.21. The van der Waals surface area contributed by atoms with Gasteiger partial charge in [-0.3, -0.25) is 9.59 Å². The summed E-state index contributed by atoms with van der Waals surface area (Å²) in [6.07, 6.45) is 1.99. The lowest BCUT2D eigenvalue weighted by Gasteiger charge is -2.27. The van der Waals surface area contributed by atoms with Crippen molar-refractivity contribution >= 4 is 23.6 Å². The zero-order valence-electron chi connectivity index (χ0n) is 12.6. The highest BCUT2D eigenvalue weighted by atomic mass is 32.2. The predicted molar refractivity (Wildman–Crippen MR) is 83.8 cm³/mol. The molecule has 23 heavy (non-hydrogen) atoms. The number of thioether (sulfide) groups is 1. The molecular weight excluding hydrogens is 322 g/mol. The Balaban J connectivity index is 1.67. The summed E-state index contributed by atoms with van der Waals surface area (Å²) in [5.41, 5.74) is 0.415. The second-order valence-electron chi connectivity index (χ2n) is 5.84. The minimum absolute atomic E-state index is 0.00568. The second kappa shape index (κ2) is 6.86. The number of likely N-dealkylation sites (tertiary alicyclic amines) is 1. The molecule has 3 rings (SSSR count). The molecule has 7 heteroatoms. The summed E-state index contributed by atoms with van der Waals surface area (Å²) in [6.45, 7) is 1.51. The molecule has 0 N–H and O–H groups in total. The van der Waals surface area contributed by atoms with Crippen molar-refractivity contribution in [1.82, 2.24) is 9.80 Å². The minimum atomic E-state index is -0.962. The summed E-state index contributed by atoms with van der Waals surface area (Å²) in [5.74, 6) is -1.05. The fourth-order valence-electron chi connectivity index (χ4n) is 2.97. The molecule has 0 spiro atoms. The zero-order valence-corrected chi connectivity index (χ0v) is 13.5. The van der Waals surface area contributed by atoms with Gasteiger partial charge in [-0.25, -0.2) is 8.78 Å². The minimum Gasteiger partial charge on any atom is -0.341 e. The molecule has 0 aliphatic carbocycles. The van der Waals surface area contributed by atoms with Gasteiger partial charge in [0.25, 0.3) is 0 Å². The maximum Gasteiger partial charge on any atom is 0.246 e. The third-order valence-electron chi connectivity index (χ3n) is 4.24. The van der Waals surface area contributed by atoms with Crippen LogP contribution in [0.3, 0.4) is 0 Å². The third kappa shape index (κ3) is 3.49. The molecule has 0 saturated carbocycles. The normalized spacial score (nSPS) is 21.0. The van der Waals surface area contributed by atoms with Crippen LogP contribution in [0.1, 0.15) is 18.4 Å². The standard InChI is InChI=1S/C16H18F2N2O2S/c17-12-4-3-11(7-13(12)18)8-15(21)20-10-23-9-14(20)16(22)19-5-1-2-6-19/h3-4,7,14H,1-2,5-6,8-10H2. The number of halogens is 2. The number of hydrogen-bond donors (Lipinski definition) is 0. The summed E-state index contributed by atoms with van der Waals surface area (Å²) >= 11 is 1.55. The van der Waals surface area contributed by atoms with E-state index in [0.29, 0.717) is 17.2 Å². The molecule has 1 unspecified atom stereocenters. The Labute approximate surface area is 137 Å². The monoisotopic (exact) mass is 340 g/mol. The van der Waals surface area contributed by atoms with Gasteiger partial charge in [-0.05, 0) is 30.5 Å². The number of benzene rings is 1. The van der Waals surface area contributed by atoms with Crippen molar-refractivity contribution in [2.75, 3.05) is 24.7 Å². The molecule has 2 fully saturated rings. The van der Waals surface area contributed by atoms with Crippen LogP contribution in [-0.2, 0) is 16.0 Å². The summed E-state index contributed by atoms with van der Waals surface area (Å²) in [7, 11) is 0. The molecule has 2 saturated heterocycles. The SMILES string of the molecule is O=C(C1CSCN1C(=O)Cc1ccc(F)c(F)c1)N1CCCC1. The molecule has 0 bridgehead atoms. The van der Waals surface area contributed by atoms with Gasteiger partial charge in [-0.2, -0.15) is 0 Å². The summed E-state index contributed by atoms with van der Waals surface area (Å²) in [5, 5.41) is 0. The van der Waals surface area contributed by atoms with Gasteiger partial charge in [0.05, 0.1) is 12.3 Å².